The van der Waals surface area contributed by atoms with Crippen LogP contribution in [0.3, 0.4) is 0 Å². The number of carbonyl (C=O) groups is 3. The summed E-state index contributed by atoms with van der Waals surface area (Å²) in [6.07, 6.45) is 0.663. The van der Waals surface area contributed by atoms with Crippen LogP contribution in [0.4, 0.5) is 0 Å². The van der Waals surface area contributed by atoms with Crippen molar-refractivity contribution >= 4 is 33.7 Å². The molecule has 0 spiro atoms. The highest BCUT2D eigenvalue weighted by molar-refractivity contribution is 9.10. The number of likely N-dealkylation sites (tertiary alicyclic amines) is 1. The van der Waals surface area contributed by atoms with Crippen molar-refractivity contribution in [2.75, 3.05) is 13.1 Å². The molecule has 0 radical (unpaired) electrons. The summed E-state index contributed by atoms with van der Waals surface area (Å²) >= 11 is 3.34. The minimum atomic E-state index is -0.778. The van der Waals surface area contributed by atoms with Crippen molar-refractivity contribution < 1.29 is 19.1 Å². The number of hydrogen-bond donors (Lipinski definition) is 2. The molecule has 3 amide bonds. The lowest BCUT2D eigenvalue weighted by molar-refractivity contribution is -0.143. The molecule has 8 heteroatoms. The summed E-state index contributed by atoms with van der Waals surface area (Å²) in [7, 11) is 0. The van der Waals surface area contributed by atoms with Gasteiger partial charge in [0.25, 0.3) is 5.91 Å². The average Bonchev–Trinajstić information content (AvgIpc) is 2.64. The molecular weight excluding hydrogens is 426 g/mol. The molecule has 1 aliphatic rings. The van der Waals surface area contributed by atoms with E-state index in [1.807, 2.05) is 26.8 Å². The second kappa shape index (κ2) is 9.41. The van der Waals surface area contributed by atoms with Crippen LogP contribution in [0.2, 0.25) is 0 Å². The summed E-state index contributed by atoms with van der Waals surface area (Å²) < 4.78 is 6.42. The predicted octanol–water partition coefficient (Wildman–Crippen LogP) is 2.65. The van der Waals surface area contributed by atoms with Crippen LogP contribution in [0.15, 0.2) is 28.7 Å². The molecule has 1 aliphatic heterocycles. The minimum absolute atomic E-state index is 0.0325. The molecular formula is C20H28BrN3O4. The average molecular weight is 454 g/mol. The first kappa shape index (κ1) is 22.2. The summed E-state index contributed by atoms with van der Waals surface area (Å²) in [6, 6.07) is 7.16. The maximum absolute atomic E-state index is 12.4. The standard InChI is InChI=1S/C20H28BrN3O4/c1-13(28-16-9-5-8-15(21)11-16)17(25)22-23-18(26)14-7-6-10-24(12-14)19(27)20(2,3)4/h5,8-9,11,13-14H,6-7,10,12H2,1-4H3,(H,22,25)(H,23,26). The number of rotatable bonds is 4. The summed E-state index contributed by atoms with van der Waals surface area (Å²) in [5.41, 5.74) is 4.39. The largest absolute Gasteiger partial charge is 0.481 e. The SMILES string of the molecule is CC(Oc1cccc(Br)c1)C(=O)NNC(=O)C1CCCN(C(=O)C(C)(C)C)C1. The maximum Gasteiger partial charge on any atom is 0.279 e. The van der Waals surface area contributed by atoms with Crippen LogP contribution < -0.4 is 15.6 Å². The Morgan fingerprint density at radius 3 is 2.61 bits per heavy atom. The zero-order chi connectivity index (χ0) is 20.9. The van der Waals surface area contributed by atoms with E-state index in [2.05, 4.69) is 26.8 Å². The van der Waals surface area contributed by atoms with Gasteiger partial charge in [-0.25, -0.2) is 0 Å². The zero-order valence-corrected chi connectivity index (χ0v) is 18.3. The summed E-state index contributed by atoms with van der Waals surface area (Å²) in [4.78, 5) is 38.8. The number of halogens is 1. The molecule has 2 N–H and O–H groups in total. The zero-order valence-electron chi connectivity index (χ0n) is 16.8. The number of hydrogen-bond acceptors (Lipinski definition) is 4. The number of ether oxygens (including phenoxy) is 1. The molecule has 7 nitrogen and oxygen atoms in total. The third kappa shape index (κ3) is 6.22. The van der Waals surface area contributed by atoms with Gasteiger partial charge in [-0.05, 0) is 38.0 Å². The number of amides is 3. The van der Waals surface area contributed by atoms with E-state index in [4.69, 9.17) is 4.74 Å². The van der Waals surface area contributed by atoms with Crippen molar-refractivity contribution in [3.05, 3.63) is 28.7 Å². The van der Waals surface area contributed by atoms with Gasteiger partial charge in [-0.1, -0.05) is 42.8 Å². The van der Waals surface area contributed by atoms with E-state index >= 15 is 0 Å². The number of piperidine rings is 1. The van der Waals surface area contributed by atoms with Crippen molar-refractivity contribution in [3.8, 4) is 5.75 Å². The third-order valence-electron chi connectivity index (χ3n) is 4.51. The molecule has 1 aromatic rings. The molecule has 28 heavy (non-hydrogen) atoms. The molecule has 0 bridgehead atoms. The summed E-state index contributed by atoms with van der Waals surface area (Å²) in [6.45, 7) is 8.22. The molecule has 0 aliphatic carbocycles. The van der Waals surface area contributed by atoms with Gasteiger partial charge >= 0.3 is 0 Å². The molecule has 1 fully saturated rings. The molecule has 1 aromatic carbocycles. The van der Waals surface area contributed by atoms with Gasteiger partial charge in [0.15, 0.2) is 6.10 Å². The molecule has 1 saturated heterocycles. The Kier molecular flexibility index (Phi) is 7.46. The maximum atomic E-state index is 12.4. The van der Waals surface area contributed by atoms with E-state index in [1.54, 1.807) is 30.0 Å². The van der Waals surface area contributed by atoms with Crippen LogP contribution in [0.5, 0.6) is 5.75 Å². The highest BCUT2D eigenvalue weighted by atomic mass is 79.9. The fourth-order valence-corrected chi connectivity index (χ4v) is 3.35. The Labute approximate surface area is 174 Å². The molecule has 2 unspecified atom stereocenters. The molecule has 0 saturated carbocycles. The second-order valence-corrected chi connectivity index (χ2v) is 8.95. The van der Waals surface area contributed by atoms with E-state index in [0.717, 1.165) is 10.9 Å². The number of nitrogens with zero attached hydrogens (tertiary/aromatic N) is 1. The van der Waals surface area contributed by atoms with Crippen LogP contribution in [0.1, 0.15) is 40.5 Å². The van der Waals surface area contributed by atoms with E-state index in [0.29, 0.717) is 25.3 Å². The van der Waals surface area contributed by atoms with E-state index < -0.39 is 17.4 Å². The fourth-order valence-electron chi connectivity index (χ4n) is 2.97. The normalized spacial score (nSPS) is 18.2. The van der Waals surface area contributed by atoms with Crippen molar-refractivity contribution in [2.45, 2.75) is 46.6 Å². The quantitative estimate of drug-likeness (QED) is 0.685. The van der Waals surface area contributed by atoms with Crippen LogP contribution >= 0.6 is 15.9 Å². The minimum Gasteiger partial charge on any atom is -0.481 e. The number of nitrogens with one attached hydrogen (secondary N) is 2. The van der Waals surface area contributed by atoms with Gasteiger partial charge in [-0.15, -0.1) is 0 Å². The van der Waals surface area contributed by atoms with Gasteiger partial charge < -0.3 is 9.64 Å². The van der Waals surface area contributed by atoms with Gasteiger partial charge in [-0.3, -0.25) is 25.2 Å². The van der Waals surface area contributed by atoms with Gasteiger partial charge in [-0.2, -0.15) is 0 Å². The summed E-state index contributed by atoms with van der Waals surface area (Å²) in [5.74, 6) is -0.514. The van der Waals surface area contributed by atoms with E-state index in [-0.39, 0.29) is 17.7 Å². The first-order valence-electron chi connectivity index (χ1n) is 9.39. The van der Waals surface area contributed by atoms with Crippen LogP contribution in [-0.2, 0) is 14.4 Å². The highest BCUT2D eigenvalue weighted by Gasteiger charge is 2.33. The highest BCUT2D eigenvalue weighted by Crippen LogP contribution is 2.23. The van der Waals surface area contributed by atoms with Crippen molar-refractivity contribution in [2.24, 2.45) is 11.3 Å². The first-order valence-corrected chi connectivity index (χ1v) is 10.2. The Morgan fingerprint density at radius 2 is 1.96 bits per heavy atom. The van der Waals surface area contributed by atoms with Gasteiger partial charge in [0.05, 0.1) is 5.92 Å². The lowest BCUT2D eigenvalue weighted by Crippen LogP contribution is -2.53. The fraction of sp³-hybridized carbons (Fsp3) is 0.550. The van der Waals surface area contributed by atoms with Crippen LogP contribution in [-0.4, -0.2) is 41.8 Å². The Morgan fingerprint density at radius 1 is 1.25 bits per heavy atom. The Bertz CT molecular complexity index is 732. The van der Waals surface area contributed by atoms with E-state index in [9.17, 15) is 14.4 Å². The Balaban J connectivity index is 1.83. The van der Waals surface area contributed by atoms with Gasteiger partial charge in [0.1, 0.15) is 5.75 Å². The molecule has 154 valence electrons. The predicted molar refractivity (Wildman–Crippen MR) is 109 cm³/mol. The molecule has 2 rings (SSSR count). The lowest BCUT2D eigenvalue weighted by Gasteiger charge is -2.35. The lowest BCUT2D eigenvalue weighted by atomic mass is 9.91. The number of benzene rings is 1. The van der Waals surface area contributed by atoms with Crippen molar-refractivity contribution in [1.82, 2.24) is 15.8 Å². The first-order chi connectivity index (χ1) is 13.1. The number of carbonyl (C=O) groups excluding carboxylic acids is 3. The van der Waals surface area contributed by atoms with Crippen molar-refractivity contribution in [1.29, 1.82) is 0 Å². The van der Waals surface area contributed by atoms with Crippen LogP contribution in [0.25, 0.3) is 0 Å². The Hall–Kier alpha value is -2.09. The third-order valence-corrected chi connectivity index (χ3v) is 5.00. The van der Waals surface area contributed by atoms with Crippen LogP contribution in [0, 0.1) is 11.3 Å². The summed E-state index contributed by atoms with van der Waals surface area (Å²) in [5, 5.41) is 0. The number of hydrazine groups is 1. The smallest absolute Gasteiger partial charge is 0.279 e. The topological polar surface area (TPSA) is 87.7 Å². The second-order valence-electron chi connectivity index (χ2n) is 8.04. The molecule has 1 heterocycles. The monoisotopic (exact) mass is 453 g/mol. The molecule has 0 aromatic heterocycles. The molecule has 2 atom stereocenters. The van der Waals surface area contributed by atoms with Crippen molar-refractivity contribution in [3.63, 3.8) is 0 Å². The van der Waals surface area contributed by atoms with Gasteiger partial charge in [0, 0.05) is 23.0 Å². The van der Waals surface area contributed by atoms with Gasteiger partial charge in [0.2, 0.25) is 11.8 Å². The van der Waals surface area contributed by atoms with E-state index in [1.165, 1.54) is 0 Å².